The van der Waals surface area contributed by atoms with Gasteiger partial charge in [-0.15, -0.1) is 0 Å². The van der Waals surface area contributed by atoms with Crippen LogP contribution in [0.3, 0.4) is 0 Å². The van der Waals surface area contributed by atoms with Crippen molar-refractivity contribution >= 4 is 11.7 Å². The number of carbonyl (C=O) groups is 1. The summed E-state index contributed by atoms with van der Waals surface area (Å²) in [5.74, 6) is -0.260. The van der Waals surface area contributed by atoms with E-state index >= 15 is 0 Å². The Balaban J connectivity index is 2.24. The van der Waals surface area contributed by atoms with Gasteiger partial charge in [0, 0.05) is 5.69 Å². The van der Waals surface area contributed by atoms with E-state index in [4.69, 9.17) is 4.74 Å². The Morgan fingerprint density at radius 1 is 1.10 bits per heavy atom. The lowest BCUT2D eigenvalue weighted by molar-refractivity contribution is -0.138. The highest BCUT2D eigenvalue weighted by molar-refractivity contribution is 5.79. The number of benzene rings is 2. The van der Waals surface area contributed by atoms with Crippen molar-refractivity contribution in [2.75, 3.05) is 5.32 Å². The number of carboxylic acids is 1. The summed E-state index contributed by atoms with van der Waals surface area (Å²) in [5, 5.41) is 12.5. The van der Waals surface area contributed by atoms with Crippen LogP contribution in [0.25, 0.3) is 0 Å². The molecule has 2 rings (SSSR count). The van der Waals surface area contributed by atoms with Crippen molar-refractivity contribution in [1.29, 1.82) is 0 Å². The lowest BCUT2D eigenvalue weighted by atomic mass is 10.1. The quantitative estimate of drug-likeness (QED) is 0.849. The molecule has 4 heteroatoms. The van der Waals surface area contributed by atoms with E-state index in [0.29, 0.717) is 11.3 Å². The van der Waals surface area contributed by atoms with Gasteiger partial charge in [-0.1, -0.05) is 30.3 Å². The Kier molecular flexibility index (Phi) is 4.82. The number of carboxylic acid groups (broad SMARTS) is 1. The van der Waals surface area contributed by atoms with Crippen molar-refractivity contribution in [1.82, 2.24) is 0 Å². The molecule has 21 heavy (non-hydrogen) atoms. The van der Waals surface area contributed by atoms with Crippen LogP contribution in [-0.4, -0.2) is 17.2 Å². The van der Waals surface area contributed by atoms with Crippen molar-refractivity contribution in [3.05, 3.63) is 60.2 Å². The van der Waals surface area contributed by atoms with Crippen LogP contribution in [0.4, 0.5) is 5.69 Å². The van der Waals surface area contributed by atoms with Crippen LogP contribution in [0, 0.1) is 0 Å². The third kappa shape index (κ3) is 4.24. The number of hydrogen-bond donors (Lipinski definition) is 2. The van der Waals surface area contributed by atoms with E-state index in [9.17, 15) is 9.90 Å². The molecule has 0 saturated carbocycles. The number of ether oxygens (including phenoxy) is 1. The molecule has 2 aromatic carbocycles. The van der Waals surface area contributed by atoms with E-state index in [1.54, 1.807) is 18.2 Å². The highest BCUT2D eigenvalue weighted by Gasteiger charge is 2.20. The minimum Gasteiger partial charge on any atom is -0.491 e. The third-order valence-electron chi connectivity index (χ3n) is 2.89. The standard InChI is InChI=1S/C17H19NO3/c1-12(2)21-15-10-6-7-13(11-15)16(17(19)20)18-14-8-4-3-5-9-14/h3-12,16,18H,1-2H3,(H,19,20). The Labute approximate surface area is 124 Å². The molecule has 0 aromatic heterocycles. The van der Waals surface area contributed by atoms with Crippen LogP contribution < -0.4 is 10.1 Å². The molecule has 0 aliphatic rings. The lowest BCUT2D eigenvalue weighted by Gasteiger charge is -2.18. The van der Waals surface area contributed by atoms with Crippen LogP contribution in [0.2, 0.25) is 0 Å². The molecular formula is C17H19NO3. The van der Waals surface area contributed by atoms with E-state index in [1.807, 2.05) is 50.2 Å². The molecule has 0 aliphatic heterocycles. The van der Waals surface area contributed by atoms with Gasteiger partial charge in [0.2, 0.25) is 0 Å². The lowest BCUT2D eigenvalue weighted by Crippen LogP contribution is -2.20. The van der Waals surface area contributed by atoms with Gasteiger partial charge in [0.15, 0.2) is 6.04 Å². The van der Waals surface area contributed by atoms with Crippen LogP contribution >= 0.6 is 0 Å². The first-order valence-corrected chi connectivity index (χ1v) is 6.87. The number of anilines is 1. The summed E-state index contributed by atoms with van der Waals surface area (Å²) >= 11 is 0. The topological polar surface area (TPSA) is 58.6 Å². The predicted molar refractivity (Wildman–Crippen MR) is 82.6 cm³/mol. The molecular weight excluding hydrogens is 266 g/mol. The van der Waals surface area contributed by atoms with Gasteiger partial charge >= 0.3 is 5.97 Å². The third-order valence-corrected chi connectivity index (χ3v) is 2.89. The number of nitrogens with one attached hydrogen (secondary N) is 1. The van der Waals surface area contributed by atoms with Crippen LogP contribution in [0.15, 0.2) is 54.6 Å². The average molecular weight is 285 g/mol. The summed E-state index contributed by atoms with van der Waals surface area (Å²) < 4.78 is 5.61. The molecule has 0 saturated heterocycles. The molecule has 2 N–H and O–H groups in total. The summed E-state index contributed by atoms with van der Waals surface area (Å²) in [7, 11) is 0. The second kappa shape index (κ2) is 6.79. The first-order chi connectivity index (χ1) is 10.1. The first kappa shape index (κ1) is 14.9. The van der Waals surface area contributed by atoms with E-state index in [-0.39, 0.29) is 6.10 Å². The molecule has 0 amide bonds. The van der Waals surface area contributed by atoms with Crippen LogP contribution in [0.1, 0.15) is 25.5 Å². The molecule has 2 aromatic rings. The Morgan fingerprint density at radius 2 is 1.81 bits per heavy atom. The van der Waals surface area contributed by atoms with Crippen molar-refractivity contribution in [2.45, 2.75) is 26.0 Å². The average Bonchev–Trinajstić information content (AvgIpc) is 2.45. The van der Waals surface area contributed by atoms with E-state index in [2.05, 4.69) is 5.32 Å². The minimum atomic E-state index is -0.930. The summed E-state index contributed by atoms with van der Waals surface area (Å²) in [5.41, 5.74) is 1.42. The maximum atomic E-state index is 11.5. The zero-order chi connectivity index (χ0) is 15.2. The molecule has 4 nitrogen and oxygen atoms in total. The molecule has 0 heterocycles. The number of aliphatic carboxylic acids is 1. The van der Waals surface area contributed by atoms with E-state index < -0.39 is 12.0 Å². The Bertz CT molecular complexity index is 596. The minimum absolute atomic E-state index is 0.0469. The highest BCUT2D eigenvalue weighted by Crippen LogP contribution is 2.24. The second-order valence-corrected chi connectivity index (χ2v) is 5.02. The predicted octanol–water partition coefficient (Wildman–Crippen LogP) is 3.71. The fourth-order valence-electron chi connectivity index (χ4n) is 2.03. The molecule has 1 unspecified atom stereocenters. The fraction of sp³-hybridized carbons (Fsp3) is 0.235. The van der Waals surface area contributed by atoms with Gasteiger partial charge in [0.05, 0.1) is 6.10 Å². The highest BCUT2D eigenvalue weighted by atomic mass is 16.5. The molecule has 110 valence electrons. The maximum absolute atomic E-state index is 11.5. The molecule has 0 radical (unpaired) electrons. The van der Waals surface area contributed by atoms with Gasteiger partial charge in [-0.2, -0.15) is 0 Å². The van der Waals surface area contributed by atoms with Gasteiger partial charge in [-0.3, -0.25) is 0 Å². The SMILES string of the molecule is CC(C)Oc1cccc(C(Nc2ccccc2)C(=O)O)c1. The van der Waals surface area contributed by atoms with Gasteiger partial charge in [-0.05, 0) is 43.7 Å². The first-order valence-electron chi connectivity index (χ1n) is 6.87. The summed E-state index contributed by atoms with van der Waals surface area (Å²) in [6.07, 6.45) is 0.0469. The van der Waals surface area contributed by atoms with Gasteiger partial charge in [0.25, 0.3) is 0 Å². The van der Waals surface area contributed by atoms with Crippen molar-refractivity contribution in [3.63, 3.8) is 0 Å². The maximum Gasteiger partial charge on any atom is 0.330 e. The molecule has 0 spiro atoms. The monoisotopic (exact) mass is 285 g/mol. The van der Waals surface area contributed by atoms with Gasteiger partial charge in [-0.25, -0.2) is 4.79 Å². The van der Waals surface area contributed by atoms with Gasteiger partial charge in [0.1, 0.15) is 5.75 Å². The molecule has 1 atom stereocenters. The summed E-state index contributed by atoms with van der Waals surface area (Å²) in [4.78, 5) is 11.5. The van der Waals surface area contributed by atoms with Crippen LogP contribution in [0.5, 0.6) is 5.75 Å². The summed E-state index contributed by atoms with van der Waals surface area (Å²) in [6, 6.07) is 15.6. The largest absolute Gasteiger partial charge is 0.491 e. The number of rotatable bonds is 6. The Hall–Kier alpha value is -2.49. The van der Waals surface area contributed by atoms with Crippen molar-refractivity contribution in [2.24, 2.45) is 0 Å². The fourth-order valence-corrected chi connectivity index (χ4v) is 2.03. The van der Waals surface area contributed by atoms with E-state index in [0.717, 1.165) is 5.69 Å². The number of para-hydroxylation sites is 1. The zero-order valence-electron chi connectivity index (χ0n) is 12.1. The smallest absolute Gasteiger partial charge is 0.330 e. The van der Waals surface area contributed by atoms with Crippen LogP contribution in [-0.2, 0) is 4.79 Å². The number of hydrogen-bond acceptors (Lipinski definition) is 3. The molecule has 0 aliphatic carbocycles. The summed E-state index contributed by atoms with van der Waals surface area (Å²) in [6.45, 7) is 3.87. The molecule has 0 fully saturated rings. The Morgan fingerprint density at radius 3 is 2.43 bits per heavy atom. The zero-order valence-corrected chi connectivity index (χ0v) is 12.1. The van der Waals surface area contributed by atoms with Crippen molar-refractivity contribution < 1.29 is 14.6 Å². The van der Waals surface area contributed by atoms with E-state index in [1.165, 1.54) is 0 Å². The normalized spacial score (nSPS) is 12.0. The second-order valence-electron chi connectivity index (χ2n) is 5.02. The van der Waals surface area contributed by atoms with Crippen molar-refractivity contribution in [3.8, 4) is 5.75 Å². The molecule has 0 bridgehead atoms. The van der Waals surface area contributed by atoms with Gasteiger partial charge < -0.3 is 15.2 Å².